The van der Waals surface area contributed by atoms with Crippen LogP contribution in [0.2, 0.25) is 0 Å². The average Bonchev–Trinajstić information content (AvgIpc) is 3.50. The molecule has 4 rings (SSSR count). The number of likely N-dealkylation sites (N-methyl/N-ethyl adjacent to an activating group) is 1. The van der Waals surface area contributed by atoms with Gasteiger partial charge in [-0.2, -0.15) is 0 Å². The molecular formula is C20H19FN2O5S. The van der Waals surface area contributed by atoms with Crippen LogP contribution in [0.1, 0.15) is 33.6 Å². The smallest absolute Gasteiger partial charge is 0.269 e. The monoisotopic (exact) mass is 418 g/mol. The molecule has 0 saturated heterocycles. The van der Waals surface area contributed by atoms with Gasteiger partial charge in [-0.25, -0.2) is 17.1 Å². The number of hydrogen-bond acceptors (Lipinski definition) is 5. The summed E-state index contributed by atoms with van der Waals surface area (Å²) in [6, 6.07) is 9.39. The molecule has 0 spiro atoms. The van der Waals surface area contributed by atoms with Crippen LogP contribution in [-0.4, -0.2) is 55.7 Å². The minimum Gasteiger partial charge on any atom is -0.492 e. The Balaban J connectivity index is 1.45. The van der Waals surface area contributed by atoms with E-state index < -0.39 is 15.9 Å². The minimum atomic E-state index is -3.91. The molecule has 2 aromatic rings. The van der Waals surface area contributed by atoms with Crippen molar-refractivity contribution in [1.29, 1.82) is 0 Å². The summed E-state index contributed by atoms with van der Waals surface area (Å²) in [6.45, 7) is 0.429. The van der Waals surface area contributed by atoms with Gasteiger partial charge in [0.15, 0.2) is 0 Å². The highest BCUT2D eigenvalue weighted by molar-refractivity contribution is 7.90. The molecule has 0 N–H and O–H groups in total. The number of amides is 2. The van der Waals surface area contributed by atoms with Crippen LogP contribution >= 0.6 is 0 Å². The molecule has 0 atom stereocenters. The van der Waals surface area contributed by atoms with Crippen molar-refractivity contribution in [3.8, 4) is 5.75 Å². The topological polar surface area (TPSA) is 84.0 Å². The van der Waals surface area contributed by atoms with Gasteiger partial charge in [-0.15, -0.1) is 0 Å². The third-order valence-corrected chi connectivity index (χ3v) is 6.81. The van der Waals surface area contributed by atoms with E-state index in [0.717, 1.165) is 4.31 Å². The Labute approximate surface area is 167 Å². The van der Waals surface area contributed by atoms with E-state index in [1.54, 1.807) is 7.05 Å². The first-order chi connectivity index (χ1) is 13.8. The van der Waals surface area contributed by atoms with E-state index in [9.17, 15) is 22.4 Å². The molecule has 0 unspecified atom stereocenters. The van der Waals surface area contributed by atoms with Crippen molar-refractivity contribution in [3.63, 3.8) is 0 Å². The number of nitrogens with zero attached hydrogens (tertiary/aromatic N) is 2. The maximum Gasteiger partial charge on any atom is 0.269 e. The fraction of sp³-hybridized carbons (Fsp3) is 0.300. The molecule has 1 aliphatic heterocycles. The number of sulfonamides is 1. The summed E-state index contributed by atoms with van der Waals surface area (Å²) >= 11 is 0. The Morgan fingerprint density at radius 1 is 1.21 bits per heavy atom. The predicted molar refractivity (Wildman–Crippen MR) is 102 cm³/mol. The molecule has 0 bridgehead atoms. The zero-order chi connectivity index (χ0) is 20.8. The summed E-state index contributed by atoms with van der Waals surface area (Å²) in [5.41, 5.74) is 0.290. The SMILES string of the molecule is CN(CCOc1ccc(F)cc1)C(=O)c1ccc2c(c1)S(=O)(=O)N(C1CC1)C2=O. The van der Waals surface area contributed by atoms with Crippen molar-refractivity contribution < 1.29 is 27.1 Å². The van der Waals surface area contributed by atoms with Crippen LogP contribution in [-0.2, 0) is 10.0 Å². The van der Waals surface area contributed by atoms with Gasteiger partial charge in [-0.3, -0.25) is 9.59 Å². The van der Waals surface area contributed by atoms with Gasteiger partial charge in [0.1, 0.15) is 23.1 Å². The lowest BCUT2D eigenvalue weighted by Gasteiger charge is -2.18. The Kier molecular flexibility index (Phi) is 4.77. The number of benzene rings is 2. The third-order valence-electron chi connectivity index (χ3n) is 4.93. The molecule has 0 radical (unpaired) electrons. The standard InChI is InChI=1S/C20H19FN2O5S/c1-22(10-11-28-16-7-3-14(21)4-8-16)19(24)13-2-9-17-18(12-13)29(26,27)23(20(17)25)15-5-6-15/h2-4,7-9,12,15H,5-6,10-11H2,1H3. The molecule has 1 aliphatic carbocycles. The van der Waals surface area contributed by atoms with Crippen LogP contribution in [0.5, 0.6) is 5.75 Å². The number of ether oxygens (including phenoxy) is 1. The fourth-order valence-electron chi connectivity index (χ4n) is 3.20. The van der Waals surface area contributed by atoms with Gasteiger partial charge < -0.3 is 9.64 Å². The summed E-state index contributed by atoms with van der Waals surface area (Å²) in [5, 5.41) is 0. The van der Waals surface area contributed by atoms with E-state index in [-0.39, 0.29) is 46.9 Å². The van der Waals surface area contributed by atoms with E-state index in [4.69, 9.17) is 4.74 Å². The van der Waals surface area contributed by atoms with Crippen molar-refractivity contribution in [1.82, 2.24) is 9.21 Å². The first-order valence-corrected chi connectivity index (χ1v) is 10.6. The zero-order valence-corrected chi connectivity index (χ0v) is 16.5. The molecule has 9 heteroatoms. The van der Waals surface area contributed by atoms with Crippen molar-refractivity contribution in [3.05, 3.63) is 59.4 Å². The van der Waals surface area contributed by atoms with E-state index in [0.29, 0.717) is 18.6 Å². The number of carbonyl (C=O) groups excluding carboxylic acids is 2. The maximum absolute atomic E-state index is 12.9. The molecule has 2 amide bonds. The van der Waals surface area contributed by atoms with Crippen LogP contribution < -0.4 is 4.74 Å². The molecule has 0 aromatic heterocycles. The first kappa shape index (κ1) is 19.4. The van der Waals surface area contributed by atoms with Gasteiger partial charge in [0.25, 0.3) is 21.8 Å². The second-order valence-corrected chi connectivity index (χ2v) is 8.86. The largest absolute Gasteiger partial charge is 0.492 e. The van der Waals surface area contributed by atoms with Crippen LogP contribution in [0.4, 0.5) is 4.39 Å². The number of halogens is 1. The Morgan fingerprint density at radius 2 is 1.90 bits per heavy atom. The van der Waals surface area contributed by atoms with Crippen LogP contribution in [0.25, 0.3) is 0 Å². The van der Waals surface area contributed by atoms with Crippen LogP contribution in [0, 0.1) is 5.82 Å². The second-order valence-electron chi connectivity index (χ2n) is 7.08. The molecule has 1 heterocycles. The molecular weight excluding hydrogens is 399 g/mol. The number of fused-ring (bicyclic) bond motifs is 1. The van der Waals surface area contributed by atoms with Gasteiger partial charge in [0.2, 0.25) is 0 Å². The molecule has 7 nitrogen and oxygen atoms in total. The molecule has 152 valence electrons. The van der Waals surface area contributed by atoms with Crippen molar-refractivity contribution in [2.75, 3.05) is 20.2 Å². The highest BCUT2D eigenvalue weighted by atomic mass is 32.2. The van der Waals surface area contributed by atoms with E-state index in [1.807, 2.05) is 0 Å². The van der Waals surface area contributed by atoms with Gasteiger partial charge in [0.05, 0.1) is 12.1 Å². The summed E-state index contributed by atoms with van der Waals surface area (Å²) in [6.07, 6.45) is 1.34. The minimum absolute atomic E-state index is 0.107. The van der Waals surface area contributed by atoms with Crippen LogP contribution in [0.15, 0.2) is 47.4 Å². The van der Waals surface area contributed by atoms with Crippen LogP contribution in [0.3, 0.4) is 0 Å². The summed E-state index contributed by atoms with van der Waals surface area (Å²) in [7, 11) is -2.34. The van der Waals surface area contributed by atoms with Gasteiger partial charge in [0, 0.05) is 18.7 Å². The van der Waals surface area contributed by atoms with Gasteiger partial charge in [-0.05, 0) is 55.3 Å². The Hall–Kier alpha value is -2.94. The van der Waals surface area contributed by atoms with E-state index >= 15 is 0 Å². The number of carbonyl (C=O) groups is 2. The van der Waals surface area contributed by atoms with Crippen molar-refractivity contribution in [2.24, 2.45) is 0 Å². The van der Waals surface area contributed by atoms with Gasteiger partial charge in [-0.1, -0.05) is 0 Å². The lowest BCUT2D eigenvalue weighted by atomic mass is 10.1. The molecule has 1 saturated carbocycles. The lowest BCUT2D eigenvalue weighted by molar-refractivity contribution is 0.0772. The fourth-order valence-corrected chi connectivity index (χ4v) is 5.04. The Bertz CT molecular complexity index is 1080. The first-order valence-electron chi connectivity index (χ1n) is 9.15. The van der Waals surface area contributed by atoms with Crippen molar-refractivity contribution in [2.45, 2.75) is 23.8 Å². The summed E-state index contributed by atoms with van der Waals surface area (Å²) in [4.78, 5) is 26.4. The van der Waals surface area contributed by atoms with Gasteiger partial charge >= 0.3 is 0 Å². The lowest BCUT2D eigenvalue weighted by Crippen LogP contribution is -2.32. The molecule has 1 fully saturated rings. The highest BCUT2D eigenvalue weighted by Crippen LogP contribution is 2.39. The predicted octanol–water partition coefficient (Wildman–Crippen LogP) is 2.28. The molecule has 29 heavy (non-hydrogen) atoms. The normalized spacial score (nSPS) is 17.2. The summed E-state index contributed by atoms with van der Waals surface area (Å²) < 4.78 is 44.7. The second kappa shape index (κ2) is 7.14. The third kappa shape index (κ3) is 3.57. The maximum atomic E-state index is 12.9. The van der Waals surface area contributed by atoms with E-state index in [1.165, 1.54) is 47.4 Å². The number of rotatable bonds is 6. The van der Waals surface area contributed by atoms with E-state index in [2.05, 4.69) is 0 Å². The summed E-state index contributed by atoms with van der Waals surface area (Å²) in [5.74, 6) is -0.796. The quantitative estimate of drug-likeness (QED) is 0.719. The average molecular weight is 418 g/mol. The zero-order valence-electron chi connectivity index (χ0n) is 15.7. The molecule has 2 aromatic carbocycles. The highest BCUT2D eigenvalue weighted by Gasteiger charge is 2.48. The molecule has 2 aliphatic rings. The number of hydrogen-bond donors (Lipinski definition) is 0. The Morgan fingerprint density at radius 3 is 2.55 bits per heavy atom. The van der Waals surface area contributed by atoms with Crippen molar-refractivity contribution >= 4 is 21.8 Å².